The number of hydrogen-bond acceptors (Lipinski definition) is 7. The Morgan fingerprint density at radius 3 is 2.78 bits per heavy atom. The number of para-hydroxylation sites is 1. The third kappa shape index (κ3) is 3.43. The summed E-state index contributed by atoms with van der Waals surface area (Å²) in [5.41, 5.74) is 0.573. The molecule has 9 nitrogen and oxygen atoms in total. The molecule has 27 heavy (non-hydrogen) atoms. The van der Waals surface area contributed by atoms with Gasteiger partial charge in [-0.15, -0.1) is 0 Å². The number of benzene rings is 1. The number of nitrogens with zero attached hydrogens (tertiary/aromatic N) is 3. The number of aromatic nitrogens is 3. The molecule has 1 amide bonds. The van der Waals surface area contributed by atoms with Gasteiger partial charge in [0.25, 0.3) is 11.3 Å². The van der Waals surface area contributed by atoms with E-state index in [-0.39, 0.29) is 23.4 Å². The third-order valence-corrected chi connectivity index (χ3v) is 4.09. The van der Waals surface area contributed by atoms with E-state index in [0.717, 1.165) is 10.1 Å². The Kier molecular flexibility index (Phi) is 5.02. The lowest BCUT2D eigenvalue weighted by Gasteiger charge is -2.15. The first-order chi connectivity index (χ1) is 12.9. The van der Waals surface area contributed by atoms with Crippen LogP contribution in [0.15, 0.2) is 39.9 Å². The summed E-state index contributed by atoms with van der Waals surface area (Å²) in [7, 11) is 0. The number of amides is 1. The molecule has 0 aliphatic heterocycles. The van der Waals surface area contributed by atoms with Crippen molar-refractivity contribution in [2.24, 2.45) is 0 Å². The van der Waals surface area contributed by atoms with E-state index in [0.29, 0.717) is 5.69 Å². The average molecular weight is 370 g/mol. The molecule has 1 aromatic carbocycles. The normalized spacial score (nSPS) is 12.0. The summed E-state index contributed by atoms with van der Waals surface area (Å²) >= 11 is 0. The molecule has 0 saturated heterocycles. The number of rotatable bonds is 5. The van der Waals surface area contributed by atoms with Crippen molar-refractivity contribution >= 4 is 28.7 Å². The molecular formula is C18H18N4O5. The van der Waals surface area contributed by atoms with Crippen molar-refractivity contribution < 1.29 is 18.8 Å². The van der Waals surface area contributed by atoms with E-state index in [9.17, 15) is 14.4 Å². The second-order valence-corrected chi connectivity index (χ2v) is 5.87. The van der Waals surface area contributed by atoms with Crippen molar-refractivity contribution in [1.82, 2.24) is 14.7 Å². The van der Waals surface area contributed by atoms with Crippen LogP contribution in [0.2, 0.25) is 0 Å². The van der Waals surface area contributed by atoms with Crippen LogP contribution >= 0.6 is 0 Å². The first-order valence-corrected chi connectivity index (χ1v) is 8.34. The fourth-order valence-electron chi connectivity index (χ4n) is 2.55. The lowest BCUT2D eigenvalue weighted by molar-refractivity contribution is -0.118. The van der Waals surface area contributed by atoms with Gasteiger partial charge in [-0.05, 0) is 32.4 Å². The molecular weight excluding hydrogens is 352 g/mol. The van der Waals surface area contributed by atoms with Crippen LogP contribution < -0.4 is 10.9 Å². The molecule has 140 valence electrons. The number of esters is 1. The van der Waals surface area contributed by atoms with Gasteiger partial charge in [0.2, 0.25) is 11.6 Å². The number of carbonyl (C=O) groups excluding carboxylic acids is 2. The smallest absolute Gasteiger partial charge is 0.361 e. The Morgan fingerprint density at radius 1 is 1.33 bits per heavy atom. The summed E-state index contributed by atoms with van der Waals surface area (Å²) in [6, 6.07) is 6.42. The fourth-order valence-corrected chi connectivity index (χ4v) is 2.55. The lowest BCUT2D eigenvalue weighted by atomic mass is 10.2. The van der Waals surface area contributed by atoms with E-state index < -0.39 is 23.5 Å². The third-order valence-electron chi connectivity index (χ3n) is 4.09. The van der Waals surface area contributed by atoms with E-state index in [1.165, 1.54) is 6.33 Å². The molecule has 1 N–H and O–H groups in total. The van der Waals surface area contributed by atoms with Crippen LogP contribution in [0.3, 0.4) is 0 Å². The van der Waals surface area contributed by atoms with Crippen LogP contribution in [0.5, 0.6) is 0 Å². The molecule has 0 spiro atoms. The van der Waals surface area contributed by atoms with Gasteiger partial charge in [0, 0.05) is 5.69 Å². The summed E-state index contributed by atoms with van der Waals surface area (Å²) in [5.74, 6) is -1.19. The van der Waals surface area contributed by atoms with E-state index in [1.807, 2.05) is 19.1 Å². The molecule has 0 aliphatic rings. The van der Waals surface area contributed by atoms with E-state index in [1.54, 1.807) is 26.0 Å². The standard InChI is InChI=1S/C18H18N4O5/c1-4-26-18(25)14-13-16(27-21-14)19-9-22(17(13)24)11(3)15(23)20-12-8-6-5-7-10(12)2/h5-9,11H,4H2,1-3H3,(H,20,23)/t11-/m1/s1. The molecule has 2 aromatic heterocycles. The maximum absolute atomic E-state index is 12.8. The first-order valence-electron chi connectivity index (χ1n) is 8.34. The van der Waals surface area contributed by atoms with E-state index in [2.05, 4.69) is 15.5 Å². The Balaban J connectivity index is 1.96. The molecule has 3 aromatic rings. The summed E-state index contributed by atoms with van der Waals surface area (Å²) in [6.45, 7) is 5.18. The maximum Gasteiger partial charge on any atom is 0.361 e. The topological polar surface area (TPSA) is 116 Å². The largest absolute Gasteiger partial charge is 0.461 e. The Morgan fingerprint density at radius 2 is 2.07 bits per heavy atom. The number of nitrogens with one attached hydrogen (secondary N) is 1. The predicted octanol–water partition coefficient (Wildman–Crippen LogP) is 2.07. The van der Waals surface area contributed by atoms with Crippen molar-refractivity contribution in [3.63, 3.8) is 0 Å². The predicted molar refractivity (Wildman–Crippen MR) is 96.5 cm³/mol. The average Bonchev–Trinajstić information content (AvgIpc) is 3.09. The van der Waals surface area contributed by atoms with Crippen LogP contribution in [-0.4, -0.2) is 33.2 Å². The molecule has 0 aliphatic carbocycles. The lowest BCUT2D eigenvalue weighted by Crippen LogP contribution is -2.32. The molecule has 3 rings (SSSR count). The van der Waals surface area contributed by atoms with Crippen LogP contribution in [0, 0.1) is 6.92 Å². The molecule has 0 radical (unpaired) electrons. The number of hydrogen-bond donors (Lipinski definition) is 1. The maximum atomic E-state index is 12.8. The zero-order chi connectivity index (χ0) is 19.6. The molecule has 0 fully saturated rings. The SMILES string of the molecule is CCOC(=O)c1noc2ncn([C@H](C)C(=O)Nc3ccccc3C)c(=O)c12. The van der Waals surface area contributed by atoms with Crippen LogP contribution in [0.4, 0.5) is 5.69 Å². The number of fused-ring (bicyclic) bond motifs is 1. The highest BCUT2D eigenvalue weighted by atomic mass is 16.5. The van der Waals surface area contributed by atoms with Crippen molar-refractivity contribution in [2.75, 3.05) is 11.9 Å². The van der Waals surface area contributed by atoms with Crippen molar-refractivity contribution in [2.45, 2.75) is 26.8 Å². The summed E-state index contributed by atoms with van der Waals surface area (Å²) in [6.07, 6.45) is 1.19. The quantitative estimate of drug-likeness (QED) is 0.683. The van der Waals surface area contributed by atoms with Crippen LogP contribution in [-0.2, 0) is 9.53 Å². The molecule has 1 atom stereocenters. The molecule has 9 heteroatoms. The summed E-state index contributed by atoms with van der Waals surface area (Å²) in [4.78, 5) is 41.3. The fraction of sp³-hybridized carbons (Fsp3) is 0.278. The highest BCUT2D eigenvalue weighted by molar-refractivity contribution is 6.00. The zero-order valence-electron chi connectivity index (χ0n) is 15.1. The first kappa shape index (κ1) is 18.3. The van der Waals surface area contributed by atoms with Crippen LogP contribution in [0.1, 0.15) is 35.9 Å². The van der Waals surface area contributed by atoms with Gasteiger partial charge in [0.15, 0.2) is 0 Å². The second-order valence-electron chi connectivity index (χ2n) is 5.87. The summed E-state index contributed by atoms with van der Waals surface area (Å²) < 4.78 is 10.9. The van der Waals surface area contributed by atoms with Gasteiger partial charge in [-0.2, -0.15) is 0 Å². The van der Waals surface area contributed by atoms with Gasteiger partial charge >= 0.3 is 5.97 Å². The highest BCUT2D eigenvalue weighted by Crippen LogP contribution is 2.17. The molecule has 0 saturated carbocycles. The highest BCUT2D eigenvalue weighted by Gasteiger charge is 2.25. The molecule has 0 unspecified atom stereocenters. The van der Waals surface area contributed by atoms with Gasteiger partial charge in [0.1, 0.15) is 17.8 Å². The van der Waals surface area contributed by atoms with Crippen molar-refractivity contribution in [3.8, 4) is 0 Å². The van der Waals surface area contributed by atoms with Crippen LogP contribution in [0.25, 0.3) is 11.1 Å². The minimum atomic E-state index is -0.876. The number of anilines is 1. The Labute approximate surface area is 153 Å². The summed E-state index contributed by atoms with van der Waals surface area (Å²) in [5, 5.41) is 6.23. The number of carbonyl (C=O) groups is 2. The van der Waals surface area contributed by atoms with Crippen molar-refractivity contribution in [1.29, 1.82) is 0 Å². The van der Waals surface area contributed by atoms with Gasteiger partial charge in [-0.1, -0.05) is 23.4 Å². The van der Waals surface area contributed by atoms with Gasteiger partial charge in [-0.25, -0.2) is 9.78 Å². The van der Waals surface area contributed by atoms with E-state index >= 15 is 0 Å². The Hall–Kier alpha value is -3.49. The monoisotopic (exact) mass is 370 g/mol. The van der Waals surface area contributed by atoms with Gasteiger partial charge < -0.3 is 14.6 Å². The van der Waals surface area contributed by atoms with Crippen molar-refractivity contribution in [3.05, 3.63) is 52.2 Å². The second kappa shape index (κ2) is 7.40. The van der Waals surface area contributed by atoms with Gasteiger partial charge in [0.05, 0.1) is 6.61 Å². The minimum Gasteiger partial charge on any atom is -0.461 e. The molecule has 2 heterocycles. The number of aryl methyl sites for hydroxylation is 1. The Bertz CT molecular complexity index is 1070. The van der Waals surface area contributed by atoms with Gasteiger partial charge in [-0.3, -0.25) is 14.2 Å². The number of ether oxygens (including phenoxy) is 1. The molecule has 0 bridgehead atoms. The van der Waals surface area contributed by atoms with E-state index in [4.69, 9.17) is 9.26 Å². The zero-order valence-corrected chi connectivity index (χ0v) is 15.1. The minimum absolute atomic E-state index is 0.0918.